The van der Waals surface area contributed by atoms with Crippen LogP contribution in [0, 0.1) is 0 Å². The molecule has 0 radical (unpaired) electrons. The third kappa shape index (κ3) is 3.21. The van der Waals surface area contributed by atoms with E-state index in [0.29, 0.717) is 6.10 Å². The van der Waals surface area contributed by atoms with Crippen molar-refractivity contribution in [2.24, 2.45) is 5.73 Å². The second-order valence-corrected chi connectivity index (χ2v) is 6.79. The quantitative estimate of drug-likeness (QED) is 0.907. The van der Waals surface area contributed by atoms with Crippen molar-refractivity contribution in [1.29, 1.82) is 0 Å². The minimum atomic E-state index is 0.0827. The van der Waals surface area contributed by atoms with Crippen molar-refractivity contribution in [1.82, 2.24) is 0 Å². The second-order valence-electron chi connectivity index (χ2n) is 5.64. The molecule has 1 aromatic carbocycles. The van der Waals surface area contributed by atoms with Gasteiger partial charge in [-0.05, 0) is 55.6 Å². The highest BCUT2D eigenvalue weighted by Gasteiger charge is 2.37. The molecule has 1 saturated heterocycles. The highest BCUT2D eigenvalue weighted by molar-refractivity contribution is 7.99. The second kappa shape index (κ2) is 5.14. The smallest absolute Gasteiger partial charge is 0.120 e. The van der Waals surface area contributed by atoms with E-state index in [1.54, 1.807) is 0 Å². The van der Waals surface area contributed by atoms with E-state index in [1.807, 2.05) is 11.8 Å². The van der Waals surface area contributed by atoms with Crippen LogP contribution < -0.4 is 10.5 Å². The molecule has 98 valence electrons. The number of rotatable bonds is 4. The molecule has 1 aliphatic carbocycles. The van der Waals surface area contributed by atoms with E-state index >= 15 is 0 Å². The molecule has 3 rings (SSSR count). The summed E-state index contributed by atoms with van der Waals surface area (Å²) in [6.07, 6.45) is 6.18. The Balaban J connectivity index is 1.62. The number of hydrogen-bond donors (Lipinski definition) is 1. The Hall–Kier alpha value is -0.670. The minimum absolute atomic E-state index is 0.0827. The van der Waals surface area contributed by atoms with Gasteiger partial charge in [0.25, 0.3) is 0 Å². The van der Waals surface area contributed by atoms with Crippen molar-refractivity contribution in [2.75, 3.05) is 11.5 Å². The van der Waals surface area contributed by atoms with Crippen LogP contribution in [0.4, 0.5) is 0 Å². The van der Waals surface area contributed by atoms with E-state index in [1.165, 1.54) is 24.2 Å². The maximum absolute atomic E-state index is 6.17. The Morgan fingerprint density at radius 3 is 3.00 bits per heavy atom. The summed E-state index contributed by atoms with van der Waals surface area (Å²) in [6.45, 7) is 0. The van der Waals surface area contributed by atoms with Gasteiger partial charge in [0.15, 0.2) is 0 Å². The summed E-state index contributed by atoms with van der Waals surface area (Å²) in [4.78, 5) is 0. The molecule has 3 heteroatoms. The van der Waals surface area contributed by atoms with Crippen LogP contribution in [0.15, 0.2) is 24.3 Å². The number of benzene rings is 1. The minimum Gasteiger partial charge on any atom is -0.490 e. The van der Waals surface area contributed by atoms with Crippen LogP contribution in [-0.4, -0.2) is 23.1 Å². The van der Waals surface area contributed by atoms with Crippen LogP contribution in [0.2, 0.25) is 0 Å². The fourth-order valence-corrected chi connectivity index (χ4v) is 3.50. The number of thioether (sulfide) groups is 1. The Morgan fingerprint density at radius 2 is 2.28 bits per heavy atom. The molecule has 0 bridgehead atoms. The van der Waals surface area contributed by atoms with Gasteiger partial charge in [-0.15, -0.1) is 0 Å². The van der Waals surface area contributed by atoms with Crippen LogP contribution >= 0.6 is 11.8 Å². The Kier molecular flexibility index (Phi) is 3.53. The molecule has 1 heterocycles. The van der Waals surface area contributed by atoms with Gasteiger partial charge in [0, 0.05) is 11.3 Å². The lowest BCUT2D eigenvalue weighted by Gasteiger charge is -2.23. The lowest BCUT2D eigenvalue weighted by molar-refractivity contribution is 0.211. The van der Waals surface area contributed by atoms with Crippen molar-refractivity contribution in [3.8, 4) is 5.75 Å². The lowest BCUT2D eigenvalue weighted by Crippen LogP contribution is -2.25. The summed E-state index contributed by atoms with van der Waals surface area (Å²) < 4.78 is 6.07. The standard InChI is InChI=1S/C15H21NOS/c16-15(6-7-15)10-12-3-1-4-13(9-12)17-14-5-2-8-18-11-14/h1,3-4,9,14H,2,5-8,10-11,16H2. The van der Waals surface area contributed by atoms with Crippen LogP contribution in [0.1, 0.15) is 31.2 Å². The fraction of sp³-hybridized carbons (Fsp3) is 0.600. The molecule has 1 aromatic rings. The van der Waals surface area contributed by atoms with E-state index < -0.39 is 0 Å². The third-order valence-corrected chi connectivity index (χ3v) is 4.95. The molecule has 1 unspecified atom stereocenters. The molecule has 1 atom stereocenters. The fourth-order valence-electron chi connectivity index (χ4n) is 2.47. The van der Waals surface area contributed by atoms with Gasteiger partial charge in [-0.3, -0.25) is 0 Å². The normalized spacial score (nSPS) is 25.7. The first-order valence-electron chi connectivity index (χ1n) is 6.86. The highest BCUT2D eigenvalue weighted by atomic mass is 32.2. The van der Waals surface area contributed by atoms with Gasteiger partial charge >= 0.3 is 0 Å². The summed E-state index contributed by atoms with van der Waals surface area (Å²) >= 11 is 2.00. The van der Waals surface area contributed by atoms with Crippen LogP contribution in [0.3, 0.4) is 0 Å². The summed E-state index contributed by atoms with van der Waals surface area (Å²) in [5, 5.41) is 0. The molecule has 0 amide bonds. The summed E-state index contributed by atoms with van der Waals surface area (Å²) in [7, 11) is 0. The molecule has 2 aliphatic rings. The molecular formula is C15H21NOS. The molecule has 1 aliphatic heterocycles. The zero-order valence-corrected chi connectivity index (χ0v) is 11.5. The molecular weight excluding hydrogens is 242 g/mol. The van der Waals surface area contributed by atoms with E-state index in [0.717, 1.165) is 30.8 Å². The molecule has 2 nitrogen and oxygen atoms in total. The van der Waals surface area contributed by atoms with Gasteiger partial charge < -0.3 is 10.5 Å². The van der Waals surface area contributed by atoms with Crippen LogP contribution in [0.5, 0.6) is 5.75 Å². The van der Waals surface area contributed by atoms with Crippen molar-refractivity contribution >= 4 is 11.8 Å². The Labute approximate surface area is 113 Å². The molecule has 1 saturated carbocycles. The summed E-state index contributed by atoms with van der Waals surface area (Å²) in [6, 6.07) is 8.49. The molecule has 0 aromatic heterocycles. The lowest BCUT2D eigenvalue weighted by atomic mass is 10.0. The van der Waals surface area contributed by atoms with Gasteiger partial charge in [0.1, 0.15) is 11.9 Å². The highest BCUT2D eigenvalue weighted by Crippen LogP contribution is 2.36. The third-order valence-electron chi connectivity index (χ3n) is 3.77. The van der Waals surface area contributed by atoms with E-state index in [-0.39, 0.29) is 5.54 Å². The topological polar surface area (TPSA) is 35.2 Å². The van der Waals surface area contributed by atoms with Crippen molar-refractivity contribution < 1.29 is 4.74 Å². The average Bonchev–Trinajstić information content (AvgIpc) is 3.08. The maximum Gasteiger partial charge on any atom is 0.120 e. The predicted octanol–water partition coefficient (Wildman–Crippen LogP) is 2.99. The first-order valence-corrected chi connectivity index (χ1v) is 8.01. The van der Waals surface area contributed by atoms with Gasteiger partial charge in [-0.2, -0.15) is 11.8 Å². The SMILES string of the molecule is NC1(Cc2cccc(OC3CCCSC3)c2)CC1. The number of hydrogen-bond acceptors (Lipinski definition) is 3. The van der Waals surface area contributed by atoms with Crippen molar-refractivity contribution in [3.05, 3.63) is 29.8 Å². The molecule has 2 N–H and O–H groups in total. The van der Waals surface area contributed by atoms with Crippen LogP contribution in [-0.2, 0) is 6.42 Å². The first kappa shape index (κ1) is 12.4. The number of ether oxygens (including phenoxy) is 1. The molecule has 2 fully saturated rings. The van der Waals surface area contributed by atoms with Gasteiger partial charge in [-0.1, -0.05) is 12.1 Å². The number of nitrogens with two attached hydrogens (primary N) is 1. The summed E-state index contributed by atoms with van der Waals surface area (Å²) in [5.41, 5.74) is 7.57. The van der Waals surface area contributed by atoms with E-state index in [9.17, 15) is 0 Å². The predicted molar refractivity (Wildman–Crippen MR) is 77.3 cm³/mol. The van der Waals surface area contributed by atoms with E-state index in [2.05, 4.69) is 24.3 Å². The molecule has 18 heavy (non-hydrogen) atoms. The Morgan fingerprint density at radius 1 is 1.39 bits per heavy atom. The van der Waals surface area contributed by atoms with Crippen molar-refractivity contribution in [2.45, 2.75) is 43.7 Å². The van der Waals surface area contributed by atoms with Gasteiger partial charge in [-0.25, -0.2) is 0 Å². The first-order chi connectivity index (χ1) is 8.73. The summed E-state index contributed by atoms with van der Waals surface area (Å²) in [5.74, 6) is 3.44. The van der Waals surface area contributed by atoms with Gasteiger partial charge in [0.05, 0.1) is 0 Å². The molecule has 0 spiro atoms. The zero-order valence-electron chi connectivity index (χ0n) is 10.7. The van der Waals surface area contributed by atoms with Gasteiger partial charge in [0.2, 0.25) is 0 Å². The maximum atomic E-state index is 6.17. The monoisotopic (exact) mass is 263 g/mol. The van der Waals surface area contributed by atoms with Crippen LogP contribution in [0.25, 0.3) is 0 Å². The van der Waals surface area contributed by atoms with E-state index in [4.69, 9.17) is 10.5 Å². The average molecular weight is 263 g/mol. The van der Waals surface area contributed by atoms with Crippen molar-refractivity contribution in [3.63, 3.8) is 0 Å². The zero-order chi connectivity index (χ0) is 12.4. The Bertz CT molecular complexity index is 411. The largest absolute Gasteiger partial charge is 0.490 e.